The number of rotatable bonds is 19. The number of para-hydroxylation sites is 1. The van der Waals surface area contributed by atoms with E-state index in [2.05, 4.69) is 70.4 Å². The largest absolute Gasteiger partial charge is 0.490 e. The third kappa shape index (κ3) is 13.2. The summed E-state index contributed by atoms with van der Waals surface area (Å²) in [7, 11) is 4.44. The Morgan fingerprint density at radius 3 is 2.22 bits per heavy atom. The molecule has 4 nitrogen and oxygen atoms in total. The van der Waals surface area contributed by atoms with Gasteiger partial charge in [0.1, 0.15) is 12.3 Å². The summed E-state index contributed by atoms with van der Waals surface area (Å²) in [6.07, 6.45) is 11.8. The normalized spacial score (nSPS) is 13.2. The highest BCUT2D eigenvalue weighted by Gasteiger charge is 2.22. The van der Waals surface area contributed by atoms with Crippen molar-refractivity contribution in [3.05, 3.63) is 65.7 Å². The minimum atomic E-state index is -0.105. The van der Waals surface area contributed by atoms with Crippen LogP contribution >= 0.6 is 0 Å². The highest BCUT2D eigenvalue weighted by molar-refractivity contribution is 5.71. The first-order chi connectivity index (χ1) is 17.8. The fourth-order valence-electron chi connectivity index (χ4n) is 4.66. The zero-order valence-electron chi connectivity index (χ0n) is 24.2. The van der Waals surface area contributed by atoms with Crippen molar-refractivity contribution in [1.29, 1.82) is 0 Å². The van der Waals surface area contributed by atoms with Crippen LogP contribution in [0.5, 0.6) is 5.75 Å². The van der Waals surface area contributed by atoms with Gasteiger partial charge in [0.05, 0.1) is 39.3 Å². The smallest absolute Gasteiger partial charge is 0.308 e. The maximum atomic E-state index is 12.6. The van der Waals surface area contributed by atoms with Crippen LogP contribution in [0.2, 0.25) is 0 Å². The standard InChI is InChI=1S/C33H52NO3/c1-6-7-8-9-10-11-15-20-31-21-16-17-22-32(31)37-29(3)24-26-36-33(35)28(2)23-25-34(4,5)27-30-18-13-12-14-19-30/h12-14,16-19,21-22,28-29H,6-11,15,20,23-27H2,1-5H3/q+1. The van der Waals surface area contributed by atoms with Crippen molar-refractivity contribution >= 4 is 5.97 Å². The highest BCUT2D eigenvalue weighted by atomic mass is 16.5. The average molecular weight is 511 g/mol. The number of nitrogens with zero attached hydrogens (tertiary/aromatic N) is 1. The van der Waals surface area contributed by atoms with Crippen molar-refractivity contribution in [3.63, 3.8) is 0 Å². The quantitative estimate of drug-likeness (QED) is 0.109. The molecule has 0 saturated heterocycles. The molecule has 0 spiro atoms. The van der Waals surface area contributed by atoms with Crippen molar-refractivity contribution in [2.24, 2.45) is 5.92 Å². The van der Waals surface area contributed by atoms with E-state index in [0.29, 0.717) is 13.0 Å². The molecule has 0 heterocycles. The van der Waals surface area contributed by atoms with Gasteiger partial charge in [0.25, 0.3) is 0 Å². The Bertz CT molecular complexity index is 880. The molecule has 2 aromatic rings. The van der Waals surface area contributed by atoms with Gasteiger partial charge >= 0.3 is 5.97 Å². The van der Waals surface area contributed by atoms with E-state index >= 15 is 0 Å². The maximum absolute atomic E-state index is 12.6. The molecule has 0 saturated carbocycles. The first-order valence-corrected chi connectivity index (χ1v) is 14.6. The number of aryl methyl sites for hydroxylation is 1. The summed E-state index contributed by atoms with van der Waals surface area (Å²) in [6, 6.07) is 18.9. The van der Waals surface area contributed by atoms with Gasteiger partial charge in [0, 0.05) is 18.4 Å². The first-order valence-electron chi connectivity index (χ1n) is 14.6. The van der Waals surface area contributed by atoms with Crippen molar-refractivity contribution in [3.8, 4) is 5.75 Å². The summed E-state index contributed by atoms with van der Waals surface area (Å²) in [6.45, 7) is 8.58. The van der Waals surface area contributed by atoms with Gasteiger partial charge in [-0.3, -0.25) is 4.79 Å². The number of ether oxygens (including phenoxy) is 2. The van der Waals surface area contributed by atoms with Crippen LogP contribution in [0.1, 0.15) is 89.7 Å². The predicted octanol–water partition coefficient (Wildman–Crippen LogP) is 7.98. The van der Waals surface area contributed by atoms with E-state index in [1.54, 1.807) is 0 Å². The molecule has 2 aromatic carbocycles. The summed E-state index contributed by atoms with van der Waals surface area (Å²) in [5.74, 6) is 0.762. The van der Waals surface area contributed by atoms with E-state index in [1.807, 2.05) is 19.1 Å². The highest BCUT2D eigenvalue weighted by Crippen LogP contribution is 2.23. The molecule has 0 amide bonds. The van der Waals surface area contributed by atoms with E-state index in [-0.39, 0.29) is 18.0 Å². The lowest BCUT2D eigenvalue weighted by atomic mass is 10.0. The Hall–Kier alpha value is -2.33. The van der Waals surface area contributed by atoms with Gasteiger partial charge in [-0.1, -0.05) is 101 Å². The van der Waals surface area contributed by atoms with Gasteiger partial charge in [-0.15, -0.1) is 0 Å². The SMILES string of the molecule is CCCCCCCCCc1ccccc1OC(C)CCOC(=O)C(C)CC[N+](C)(C)Cc1ccccc1. The Labute approximate surface area is 227 Å². The Morgan fingerprint density at radius 1 is 0.838 bits per heavy atom. The molecule has 0 aliphatic rings. The number of unbranched alkanes of at least 4 members (excludes halogenated alkanes) is 6. The number of benzene rings is 2. The van der Waals surface area contributed by atoms with Crippen molar-refractivity contribution in [1.82, 2.24) is 0 Å². The molecular weight excluding hydrogens is 458 g/mol. The molecule has 37 heavy (non-hydrogen) atoms. The fourth-order valence-corrected chi connectivity index (χ4v) is 4.66. The van der Waals surface area contributed by atoms with E-state index in [4.69, 9.17) is 9.47 Å². The molecule has 2 rings (SSSR count). The number of carbonyl (C=O) groups is 1. The summed E-state index contributed by atoms with van der Waals surface area (Å²) in [4.78, 5) is 12.6. The van der Waals surface area contributed by atoms with Crippen LogP contribution in [-0.2, 0) is 22.5 Å². The second kappa shape index (κ2) is 17.2. The summed E-state index contributed by atoms with van der Waals surface area (Å²) < 4.78 is 12.7. The molecule has 0 aromatic heterocycles. The predicted molar refractivity (Wildman–Crippen MR) is 155 cm³/mol. The molecule has 0 fully saturated rings. The van der Waals surface area contributed by atoms with Gasteiger partial charge in [0.15, 0.2) is 0 Å². The van der Waals surface area contributed by atoms with E-state index in [1.165, 1.54) is 56.1 Å². The summed E-state index contributed by atoms with van der Waals surface area (Å²) >= 11 is 0. The monoisotopic (exact) mass is 510 g/mol. The average Bonchev–Trinajstić information content (AvgIpc) is 2.88. The van der Waals surface area contributed by atoms with Crippen LogP contribution in [0.25, 0.3) is 0 Å². The second-order valence-electron chi connectivity index (χ2n) is 11.4. The van der Waals surface area contributed by atoms with Gasteiger partial charge in [-0.2, -0.15) is 0 Å². The van der Waals surface area contributed by atoms with Gasteiger partial charge < -0.3 is 14.0 Å². The fraction of sp³-hybridized carbons (Fsp3) is 0.606. The van der Waals surface area contributed by atoms with Gasteiger partial charge in [-0.05, 0) is 31.4 Å². The number of carbonyl (C=O) groups excluding carboxylic acids is 1. The van der Waals surface area contributed by atoms with Crippen molar-refractivity contribution in [2.45, 2.75) is 97.6 Å². The molecule has 0 aliphatic carbocycles. The number of hydrogen-bond acceptors (Lipinski definition) is 3. The van der Waals surface area contributed by atoms with Crippen LogP contribution in [0.4, 0.5) is 0 Å². The van der Waals surface area contributed by atoms with Crippen LogP contribution in [0.15, 0.2) is 54.6 Å². The van der Waals surface area contributed by atoms with Gasteiger partial charge in [-0.25, -0.2) is 0 Å². The lowest BCUT2D eigenvalue weighted by Crippen LogP contribution is -2.40. The van der Waals surface area contributed by atoms with Crippen LogP contribution in [0, 0.1) is 5.92 Å². The number of quaternary nitrogens is 1. The Kier molecular flexibility index (Phi) is 14.4. The van der Waals surface area contributed by atoms with Crippen LogP contribution in [0.3, 0.4) is 0 Å². The third-order valence-corrected chi connectivity index (χ3v) is 7.14. The molecule has 0 N–H and O–H groups in total. The topological polar surface area (TPSA) is 35.5 Å². The van der Waals surface area contributed by atoms with Crippen molar-refractivity contribution in [2.75, 3.05) is 27.2 Å². The zero-order chi connectivity index (χ0) is 26.9. The van der Waals surface area contributed by atoms with Crippen LogP contribution < -0.4 is 4.74 Å². The molecule has 206 valence electrons. The summed E-state index contributed by atoms with van der Waals surface area (Å²) in [5, 5.41) is 0. The lowest BCUT2D eigenvalue weighted by molar-refractivity contribution is -0.904. The van der Waals surface area contributed by atoms with Gasteiger partial charge in [0.2, 0.25) is 0 Å². The Morgan fingerprint density at radius 2 is 1.49 bits per heavy atom. The second-order valence-corrected chi connectivity index (χ2v) is 11.4. The Balaban J connectivity index is 1.66. The van der Waals surface area contributed by atoms with E-state index in [9.17, 15) is 4.79 Å². The van der Waals surface area contributed by atoms with Crippen molar-refractivity contribution < 1.29 is 18.8 Å². The number of hydrogen-bond donors (Lipinski definition) is 0. The third-order valence-electron chi connectivity index (χ3n) is 7.14. The van der Waals surface area contributed by atoms with Crippen LogP contribution in [-0.4, -0.2) is 43.8 Å². The first kappa shape index (κ1) is 30.9. The summed E-state index contributed by atoms with van der Waals surface area (Å²) in [5.41, 5.74) is 2.60. The zero-order valence-corrected chi connectivity index (χ0v) is 24.2. The molecule has 0 radical (unpaired) electrons. The van der Waals surface area contributed by atoms with E-state index in [0.717, 1.165) is 36.2 Å². The number of esters is 1. The molecule has 0 bridgehead atoms. The minimum absolute atomic E-state index is 0.000211. The molecule has 0 aliphatic heterocycles. The van der Waals surface area contributed by atoms with E-state index < -0.39 is 0 Å². The molecule has 2 atom stereocenters. The molecular formula is C33H52NO3+. The molecule has 2 unspecified atom stereocenters. The molecule has 4 heteroatoms. The minimum Gasteiger partial charge on any atom is -0.490 e. The lowest BCUT2D eigenvalue weighted by Gasteiger charge is -2.30. The maximum Gasteiger partial charge on any atom is 0.308 e.